The Morgan fingerprint density at radius 2 is 2.00 bits per heavy atom. The number of hydrogen-bond acceptors (Lipinski definition) is 3. The van der Waals surface area contributed by atoms with E-state index in [0.29, 0.717) is 11.1 Å². The molecule has 2 aromatic rings. The summed E-state index contributed by atoms with van der Waals surface area (Å²) in [5, 5.41) is 9.77. The number of benzene rings is 2. The molecule has 0 fully saturated rings. The van der Waals surface area contributed by atoms with Gasteiger partial charge in [0.1, 0.15) is 11.6 Å². The van der Waals surface area contributed by atoms with Gasteiger partial charge in [0.15, 0.2) is 0 Å². The molecule has 3 nitrogen and oxygen atoms in total. The van der Waals surface area contributed by atoms with Crippen molar-refractivity contribution >= 4 is 5.97 Å². The molecule has 0 unspecified atom stereocenters. The van der Waals surface area contributed by atoms with E-state index in [9.17, 15) is 14.3 Å². The van der Waals surface area contributed by atoms with E-state index in [2.05, 4.69) is 4.74 Å². The van der Waals surface area contributed by atoms with Crippen molar-refractivity contribution in [1.29, 1.82) is 0 Å². The molecule has 0 atom stereocenters. The molecular weight excluding hydrogens is 247 g/mol. The minimum Gasteiger partial charge on any atom is -0.507 e. The monoisotopic (exact) mass is 260 g/mol. The minimum absolute atomic E-state index is 0.109. The van der Waals surface area contributed by atoms with Crippen LogP contribution in [0, 0.1) is 5.82 Å². The van der Waals surface area contributed by atoms with Crippen LogP contribution in [0.1, 0.15) is 5.56 Å². The number of rotatable bonds is 3. The molecule has 2 rings (SSSR count). The zero-order chi connectivity index (χ0) is 13.8. The lowest BCUT2D eigenvalue weighted by Gasteiger charge is -2.08. The third-order valence-corrected chi connectivity index (χ3v) is 2.82. The van der Waals surface area contributed by atoms with Crippen molar-refractivity contribution < 1.29 is 19.0 Å². The minimum atomic E-state index is -0.506. The van der Waals surface area contributed by atoms with Crippen molar-refractivity contribution in [3.8, 4) is 16.9 Å². The van der Waals surface area contributed by atoms with E-state index in [0.717, 1.165) is 0 Å². The number of methoxy groups -OCH3 is 1. The molecule has 0 bridgehead atoms. The standard InChI is InChI=1S/C15H13FO3/c1-19-15(18)9-11-8-10(6-7-13(11)16)12-4-2-3-5-14(12)17/h2-8,17H,9H2,1H3. The summed E-state index contributed by atoms with van der Waals surface area (Å²) in [6, 6.07) is 11.1. The third kappa shape index (κ3) is 2.91. The van der Waals surface area contributed by atoms with Crippen molar-refractivity contribution in [3.63, 3.8) is 0 Å². The van der Waals surface area contributed by atoms with E-state index in [4.69, 9.17) is 0 Å². The van der Waals surface area contributed by atoms with Gasteiger partial charge in [0.25, 0.3) is 0 Å². The summed E-state index contributed by atoms with van der Waals surface area (Å²) in [5.74, 6) is -0.865. The molecule has 0 heterocycles. The van der Waals surface area contributed by atoms with Gasteiger partial charge in [-0.2, -0.15) is 0 Å². The second-order valence-corrected chi connectivity index (χ2v) is 4.08. The van der Waals surface area contributed by atoms with Crippen LogP contribution in [0.4, 0.5) is 4.39 Å². The number of para-hydroxylation sites is 1. The van der Waals surface area contributed by atoms with Crippen LogP contribution in [-0.4, -0.2) is 18.2 Å². The summed E-state index contributed by atoms with van der Waals surface area (Å²) >= 11 is 0. The summed E-state index contributed by atoms with van der Waals surface area (Å²) in [4.78, 5) is 11.2. The van der Waals surface area contributed by atoms with Crippen LogP contribution < -0.4 is 0 Å². The van der Waals surface area contributed by atoms with Crippen LogP contribution in [-0.2, 0) is 16.0 Å². The maximum Gasteiger partial charge on any atom is 0.310 e. The highest BCUT2D eigenvalue weighted by Crippen LogP contribution is 2.29. The first-order valence-corrected chi connectivity index (χ1v) is 5.75. The van der Waals surface area contributed by atoms with E-state index in [1.165, 1.54) is 13.2 Å². The van der Waals surface area contributed by atoms with Gasteiger partial charge in [0.2, 0.25) is 0 Å². The number of aromatic hydroxyl groups is 1. The Morgan fingerprint density at radius 1 is 1.26 bits per heavy atom. The third-order valence-electron chi connectivity index (χ3n) is 2.82. The quantitative estimate of drug-likeness (QED) is 0.863. The molecule has 0 spiro atoms. The molecule has 0 saturated carbocycles. The number of halogens is 1. The molecule has 0 aliphatic heterocycles. The van der Waals surface area contributed by atoms with Gasteiger partial charge in [-0.05, 0) is 29.3 Å². The van der Waals surface area contributed by atoms with Crippen LogP contribution in [0.25, 0.3) is 11.1 Å². The largest absolute Gasteiger partial charge is 0.507 e. The maximum atomic E-state index is 13.6. The van der Waals surface area contributed by atoms with Crippen LogP contribution in [0.15, 0.2) is 42.5 Å². The number of hydrogen-bond donors (Lipinski definition) is 1. The highest BCUT2D eigenvalue weighted by Gasteiger charge is 2.11. The summed E-state index contributed by atoms with van der Waals surface area (Å²) in [6.45, 7) is 0. The van der Waals surface area contributed by atoms with Crippen molar-refractivity contribution in [3.05, 3.63) is 53.8 Å². The normalized spacial score (nSPS) is 10.2. The van der Waals surface area contributed by atoms with Crippen molar-refractivity contribution in [2.24, 2.45) is 0 Å². The lowest BCUT2D eigenvalue weighted by Crippen LogP contribution is -2.06. The zero-order valence-electron chi connectivity index (χ0n) is 10.4. The average molecular weight is 260 g/mol. The second-order valence-electron chi connectivity index (χ2n) is 4.08. The van der Waals surface area contributed by atoms with Crippen LogP contribution in [0.2, 0.25) is 0 Å². The Bertz CT molecular complexity index is 608. The summed E-state index contributed by atoms with van der Waals surface area (Å²) < 4.78 is 18.1. The summed E-state index contributed by atoms with van der Waals surface area (Å²) in [7, 11) is 1.26. The summed E-state index contributed by atoms with van der Waals surface area (Å²) in [6.07, 6.45) is -0.135. The molecule has 98 valence electrons. The van der Waals surface area contributed by atoms with E-state index in [1.54, 1.807) is 36.4 Å². The first-order valence-electron chi connectivity index (χ1n) is 5.75. The fraction of sp³-hybridized carbons (Fsp3) is 0.133. The zero-order valence-corrected chi connectivity index (χ0v) is 10.4. The predicted octanol–water partition coefficient (Wildman–Crippen LogP) is 2.91. The molecule has 4 heteroatoms. The van der Waals surface area contributed by atoms with Gasteiger partial charge in [-0.3, -0.25) is 4.79 Å². The Balaban J connectivity index is 2.41. The lowest BCUT2D eigenvalue weighted by molar-refractivity contribution is -0.139. The molecule has 0 amide bonds. The van der Waals surface area contributed by atoms with Gasteiger partial charge in [-0.25, -0.2) is 4.39 Å². The topological polar surface area (TPSA) is 46.5 Å². The van der Waals surface area contributed by atoms with Crippen molar-refractivity contribution in [2.45, 2.75) is 6.42 Å². The Kier molecular flexibility index (Phi) is 3.80. The van der Waals surface area contributed by atoms with Crippen LogP contribution >= 0.6 is 0 Å². The molecule has 0 aliphatic rings. The highest BCUT2D eigenvalue weighted by molar-refractivity contribution is 5.75. The number of carbonyl (C=O) groups excluding carboxylic acids is 1. The Labute approximate surface area is 110 Å². The number of phenolic OH excluding ortho intramolecular Hbond substituents is 1. The smallest absolute Gasteiger partial charge is 0.310 e. The molecule has 0 radical (unpaired) electrons. The lowest BCUT2D eigenvalue weighted by atomic mass is 10.0. The first kappa shape index (κ1) is 13.1. The van der Waals surface area contributed by atoms with Crippen molar-refractivity contribution in [1.82, 2.24) is 0 Å². The average Bonchev–Trinajstić information content (AvgIpc) is 2.42. The van der Waals surface area contributed by atoms with Gasteiger partial charge < -0.3 is 9.84 Å². The van der Waals surface area contributed by atoms with Crippen LogP contribution in [0.5, 0.6) is 5.75 Å². The van der Waals surface area contributed by atoms with E-state index >= 15 is 0 Å². The Morgan fingerprint density at radius 3 is 2.68 bits per heavy atom. The molecule has 0 saturated heterocycles. The van der Waals surface area contributed by atoms with Gasteiger partial charge in [-0.1, -0.05) is 24.3 Å². The van der Waals surface area contributed by atoms with E-state index in [1.807, 2.05) is 0 Å². The Hall–Kier alpha value is -2.36. The molecule has 19 heavy (non-hydrogen) atoms. The van der Waals surface area contributed by atoms with Crippen LogP contribution in [0.3, 0.4) is 0 Å². The van der Waals surface area contributed by atoms with Crippen molar-refractivity contribution in [2.75, 3.05) is 7.11 Å². The van der Waals surface area contributed by atoms with Gasteiger partial charge in [0, 0.05) is 5.56 Å². The molecule has 0 aliphatic carbocycles. The fourth-order valence-corrected chi connectivity index (χ4v) is 1.82. The summed E-state index contributed by atoms with van der Waals surface area (Å²) in [5.41, 5.74) is 1.49. The van der Waals surface area contributed by atoms with E-state index in [-0.39, 0.29) is 17.7 Å². The van der Waals surface area contributed by atoms with Gasteiger partial charge >= 0.3 is 5.97 Å². The number of carbonyl (C=O) groups is 1. The molecule has 1 N–H and O–H groups in total. The second kappa shape index (κ2) is 5.52. The number of phenols is 1. The number of ether oxygens (including phenoxy) is 1. The van der Waals surface area contributed by atoms with Gasteiger partial charge in [0.05, 0.1) is 13.5 Å². The SMILES string of the molecule is COC(=O)Cc1cc(-c2ccccc2O)ccc1F. The fourth-order valence-electron chi connectivity index (χ4n) is 1.82. The molecule has 2 aromatic carbocycles. The molecular formula is C15H13FO3. The first-order chi connectivity index (χ1) is 9.11. The van der Waals surface area contributed by atoms with E-state index < -0.39 is 11.8 Å². The predicted molar refractivity (Wildman–Crippen MR) is 69.2 cm³/mol. The molecule has 0 aromatic heterocycles. The highest BCUT2D eigenvalue weighted by atomic mass is 19.1. The van der Waals surface area contributed by atoms with Gasteiger partial charge in [-0.15, -0.1) is 0 Å². The number of esters is 1. The maximum absolute atomic E-state index is 13.6.